The van der Waals surface area contributed by atoms with E-state index in [2.05, 4.69) is 15.7 Å². The Morgan fingerprint density at radius 3 is 2.48 bits per heavy atom. The van der Waals surface area contributed by atoms with Gasteiger partial charge >= 0.3 is 12.0 Å². The molecular weight excluding hydrogens is 396 g/mol. The van der Waals surface area contributed by atoms with Crippen LogP contribution in [0.5, 0.6) is 0 Å². The summed E-state index contributed by atoms with van der Waals surface area (Å²) in [7, 11) is 0. The van der Waals surface area contributed by atoms with Crippen LogP contribution in [0.25, 0.3) is 0 Å². The minimum Gasteiger partial charge on any atom is -0.452 e. The highest BCUT2D eigenvalue weighted by Gasteiger charge is 2.23. The van der Waals surface area contributed by atoms with Gasteiger partial charge in [-0.2, -0.15) is 5.10 Å². The monoisotopic (exact) mass is 420 g/mol. The van der Waals surface area contributed by atoms with E-state index in [1.54, 1.807) is 6.92 Å². The van der Waals surface area contributed by atoms with Gasteiger partial charge in [-0.05, 0) is 32.8 Å². The quantitative estimate of drug-likeness (QED) is 0.670. The van der Waals surface area contributed by atoms with Crippen molar-refractivity contribution in [3.05, 3.63) is 51.8 Å². The molecule has 0 saturated carbocycles. The molecule has 156 valence electrons. The fraction of sp³-hybridized carbons (Fsp3) is 0.400. The van der Waals surface area contributed by atoms with Gasteiger partial charge in [0, 0.05) is 6.04 Å². The number of nitrogens with one attached hydrogen (secondary N) is 2. The second-order valence-corrected chi connectivity index (χ2v) is 7.16. The number of carbonyl (C=O) groups excluding carboxylic acids is 3. The fourth-order valence-electron chi connectivity index (χ4n) is 2.48. The Morgan fingerprint density at radius 1 is 1.21 bits per heavy atom. The van der Waals surface area contributed by atoms with Gasteiger partial charge in [0.15, 0.2) is 6.61 Å². The number of imide groups is 1. The molecule has 0 aliphatic heterocycles. The summed E-state index contributed by atoms with van der Waals surface area (Å²) < 4.78 is 6.49. The van der Waals surface area contributed by atoms with Crippen LogP contribution in [-0.2, 0) is 16.1 Å². The van der Waals surface area contributed by atoms with Crippen LogP contribution in [0.1, 0.15) is 47.4 Å². The summed E-state index contributed by atoms with van der Waals surface area (Å²) in [5.41, 5.74) is 2.60. The molecule has 2 rings (SSSR count). The SMILES string of the molecule is CC[C@@H](C)NC(=O)NC(=O)COC(=O)c1c(C)nn(Cc2ccc(C)cc2)c1Cl. The van der Waals surface area contributed by atoms with Gasteiger partial charge in [0.2, 0.25) is 0 Å². The molecule has 0 aliphatic rings. The van der Waals surface area contributed by atoms with Crippen molar-refractivity contribution in [2.24, 2.45) is 0 Å². The van der Waals surface area contributed by atoms with Gasteiger partial charge in [0.25, 0.3) is 5.91 Å². The number of amides is 3. The van der Waals surface area contributed by atoms with E-state index >= 15 is 0 Å². The maximum absolute atomic E-state index is 12.4. The predicted molar refractivity (Wildman–Crippen MR) is 109 cm³/mol. The molecular formula is C20H25ClN4O4. The van der Waals surface area contributed by atoms with Gasteiger partial charge in [-0.25, -0.2) is 14.3 Å². The molecule has 29 heavy (non-hydrogen) atoms. The van der Waals surface area contributed by atoms with E-state index in [0.29, 0.717) is 12.2 Å². The van der Waals surface area contributed by atoms with Gasteiger partial charge in [0.1, 0.15) is 10.7 Å². The lowest BCUT2D eigenvalue weighted by atomic mass is 10.1. The van der Waals surface area contributed by atoms with Crippen molar-refractivity contribution in [1.82, 2.24) is 20.4 Å². The number of aromatic nitrogens is 2. The Balaban J connectivity index is 1.97. The van der Waals surface area contributed by atoms with E-state index in [1.165, 1.54) is 4.68 Å². The first-order valence-electron chi connectivity index (χ1n) is 9.27. The lowest BCUT2D eigenvalue weighted by Crippen LogP contribution is -2.44. The highest BCUT2D eigenvalue weighted by molar-refractivity contribution is 6.32. The lowest BCUT2D eigenvalue weighted by molar-refractivity contribution is -0.123. The predicted octanol–water partition coefficient (Wildman–Crippen LogP) is 2.98. The van der Waals surface area contributed by atoms with E-state index in [9.17, 15) is 14.4 Å². The summed E-state index contributed by atoms with van der Waals surface area (Å²) in [6, 6.07) is 7.15. The number of esters is 1. The largest absolute Gasteiger partial charge is 0.452 e. The van der Waals surface area contributed by atoms with Crippen LogP contribution >= 0.6 is 11.6 Å². The van der Waals surface area contributed by atoms with Crippen molar-refractivity contribution in [2.45, 2.75) is 46.7 Å². The highest BCUT2D eigenvalue weighted by atomic mass is 35.5. The van der Waals surface area contributed by atoms with Gasteiger partial charge < -0.3 is 10.1 Å². The van der Waals surface area contributed by atoms with Gasteiger partial charge in [-0.15, -0.1) is 0 Å². The summed E-state index contributed by atoms with van der Waals surface area (Å²) in [5.74, 6) is -1.51. The Kier molecular flexibility index (Phi) is 7.78. The average Bonchev–Trinajstić information content (AvgIpc) is 2.94. The summed E-state index contributed by atoms with van der Waals surface area (Å²) in [5, 5.41) is 9.10. The average molecular weight is 421 g/mol. The zero-order valence-corrected chi connectivity index (χ0v) is 17.7. The molecule has 0 aliphatic carbocycles. The number of urea groups is 1. The number of benzene rings is 1. The maximum Gasteiger partial charge on any atom is 0.343 e. The second kappa shape index (κ2) is 10.1. The third-order valence-electron chi connectivity index (χ3n) is 4.30. The third-order valence-corrected chi connectivity index (χ3v) is 4.68. The smallest absolute Gasteiger partial charge is 0.343 e. The van der Waals surface area contributed by atoms with E-state index in [1.807, 2.05) is 45.0 Å². The van der Waals surface area contributed by atoms with Crippen molar-refractivity contribution in [3.8, 4) is 0 Å². The maximum atomic E-state index is 12.4. The second-order valence-electron chi connectivity index (χ2n) is 6.80. The number of hydrogen-bond acceptors (Lipinski definition) is 5. The number of hydrogen-bond donors (Lipinski definition) is 2. The molecule has 3 amide bonds. The van der Waals surface area contributed by atoms with Gasteiger partial charge in [-0.3, -0.25) is 10.1 Å². The molecule has 2 N–H and O–H groups in total. The summed E-state index contributed by atoms with van der Waals surface area (Å²) in [6.07, 6.45) is 0.723. The first kappa shape index (κ1) is 22.4. The molecule has 9 heteroatoms. The molecule has 8 nitrogen and oxygen atoms in total. The standard InChI is InChI=1S/C20H25ClN4O4/c1-5-13(3)22-20(28)23-16(26)11-29-19(27)17-14(4)24-25(18(17)21)10-15-8-6-12(2)7-9-15/h6-9,13H,5,10-11H2,1-4H3,(H2,22,23,26,28)/t13-/m1/s1. The number of carbonyl (C=O) groups is 3. The van der Waals surface area contributed by atoms with E-state index in [-0.39, 0.29) is 16.8 Å². The molecule has 0 unspecified atom stereocenters. The van der Waals surface area contributed by atoms with E-state index < -0.39 is 24.5 Å². The fourth-order valence-corrected chi connectivity index (χ4v) is 2.80. The van der Waals surface area contributed by atoms with Crippen LogP contribution in [0.4, 0.5) is 4.79 Å². The minimum absolute atomic E-state index is 0.0776. The lowest BCUT2D eigenvalue weighted by Gasteiger charge is -2.11. The van der Waals surface area contributed by atoms with Crippen LogP contribution in [-0.4, -0.2) is 40.3 Å². The summed E-state index contributed by atoms with van der Waals surface area (Å²) >= 11 is 6.31. The Morgan fingerprint density at radius 2 is 1.86 bits per heavy atom. The zero-order valence-electron chi connectivity index (χ0n) is 16.9. The summed E-state index contributed by atoms with van der Waals surface area (Å²) in [6.45, 7) is 7.12. The van der Waals surface area contributed by atoms with Crippen LogP contribution in [0.2, 0.25) is 5.15 Å². The highest BCUT2D eigenvalue weighted by Crippen LogP contribution is 2.22. The number of rotatable bonds is 7. The molecule has 0 bridgehead atoms. The molecule has 2 aromatic rings. The summed E-state index contributed by atoms with van der Waals surface area (Å²) in [4.78, 5) is 35.8. The molecule has 0 saturated heterocycles. The molecule has 0 radical (unpaired) electrons. The van der Waals surface area contributed by atoms with Crippen molar-refractivity contribution in [3.63, 3.8) is 0 Å². The van der Waals surface area contributed by atoms with Crippen molar-refractivity contribution in [1.29, 1.82) is 0 Å². The van der Waals surface area contributed by atoms with Crippen molar-refractivity contribution >= 4 is 29.5 Å². The van der Waals surface area contributed by atoms with Crippen LogP contribution in [0.3, 0.4) is 0 Å². The van der Waals surface area contributed by atoms with E-state index in [4.69, 9.17) is 16.3 Å². The van der Waals surface area contributed by atoms with Crippen LogP contribution < -0.4 is 10.6 Å². The van der Waals surface area contributed by atoms with Gasteiger partial charge in [0.05, 0.1) is 12.2 Å². The first-order chi connectivity index (χ1) is 13.7. The zero-order chi connectivity index (χ0) is 21.6. The van der Waals surface area contributed by atoms with Crippen LogP contribution in [0, 0.1) is 13.8 Å². The minimum atomic E-state index is -0.778. The molecule has 1 aromatic heterocycles. The number of aryl methyl sites for hydroxylation is 2. The topological polar surface area (TPSA) is 102 Å². The number of ether oxygens (including phenoxy) is 1. The molecule has 1 aromatic carbocycles. The molecule has 0 spiro atoms. The molecule has 1 atom stereocenters. The normalized spacial score (nSPS) is 11.6. The van der Waals surface area contributed by atoms with Crippen LogP contribution in [0.15, 0.2) is 24.3 Å². The Bertz CT molecular complexity index is 893. The third kappa shape index (κ3) is 6.32. The Hall–Kier alpha value is -2.87. The van der Waals surface area contributed by atoms with Crippen molar-refractivity contribution in [2.75, 3.05) is 6.61 Å². The molecule has 0 fully saturated rings. The van der Waals surface area contributed by atoms with E-state index in [0.717, 1.165) is 17.5 Å². The number of nitrogens with zero attached hydrogens (tertiary/aromatic N) is 2. The van der Waals surface area contributed by atoms with Crippen molar-refractivity contribution < 1.29 is 19.1 Å². The molecule has 1 heterocycles. The number of halogens is 1. The first-order valence-corrected chi connectivity index (χ1v) is 9.65. The Labute approximate surface area is 174 Å². The van der Waals surface area contributed by atoms with Gasteiger partial charge in [-0.1, -0.05) is 48.4 Å².